The Balaban J connectivity index is 1.90. The Kier molecular flexibility index (Phi) is 6.73. The molecule has 2 aromatic rings. The van der Waals surface area contributed by atoms with E-state index in [0.717, 1.165) is 6.42 Å². The Morgan fingerprint density at radius 1 is 1.04 bits per heavy atom. The fourth-order valence-corrected chi connectivity index (χ4v) is 2.20. The fourth-order valence-electron chi connectivity index (χ4n) is 2.20. The maximum atomic E-state index is 12.0. The first-order valence-electron chi connectivity index (χ1n) is 8.21. The minimum Gasteiger partial charge on any atom is -0.462 e. The van der Waals surface area contributed by atoms with Crippen molar-refractivity contribution in [3.8, 4) is 0 Å². The van der Waals surface area contributed by atoms with Crippen LogP contribution in [0, 0.1) is 0 Å². The lowest BCUT2D eigenvalue weighted by molar-refractivity contribution is -0.114. The van der Waals surface area contributed by atoms with Crippen molar-refractivity contribution in [2.75, 3.05) is 23.8 Å². The molecule has 2 rings (SSSR count). The Labute approximate surface area is 151 Å². The molecule has 0 heterocycles. The standard InChI is InChI=1S/C19H21N3O4/c1-2-11-26-19(25)13-7-9-14(10-8-13)22-17(23)12-21-16-6-4-3-5-15(16)18(20)24/h3-10,21H,2,11-12H2,1H3,(H2,20,24)(H,22,23). The summed E-state index contributed by atoms with van der Waals surface area (Å²) in [6.45, 7) is 2.25. The first-order valence-corrected chi connectivity index (χ1v) is 8.21. The molecule has 0 aromatic heterocycles. The molecule has 0 bridgehead atoms. The van der Waals surface area contributed by atoms with E-state index in [9.17, 15) is 14.4 Å². The molecular formula is C19H21N3O4. The van der Waals surface area contributed by atoms with Gasteiger partial charge in [0.25, 0.3) is 5.91 Å². The number of carbonyl (C=O) groups excluding carboxylic acids is 3. The first-order chi connectivity index (χ1) is 12.5. The molecule has 0 radical (unpaired) electrons. The van der Waals surface area contributed by atoms with E-state index < -0.39 is 11.9 Å². The molecule has 0 unspecified atom stereocenters. The van der Waals surface area contributed by atoms with Crippen LogP contribution in [-0.2, 0) is 9.53 Å². The molecule has 0 aliphatic rings. The lowest BCUT2D eigenvalue weighted by Gasteiger charge is -2.10. The van der Waals surface area contributed by atoms with Gasteiger partial charge in [0.05, 0.1) is 24.3 Å². The van der Waals surface area contributed by atoms with Crippen molar-refractivity contribution >= 4 is 29.2 Å². The second-order valence-corrected chi connectivity index (χ2v) is 5.52. The number of hydrogen-bond donors (Lipinski definition) is 3. The zero-order valence-corrected chi connectivity index (χ0v) is 14.5. The van der Waals surface area contributed by atoms with Gasteiger partial charge in [-0.2, -0.15) is 0 Å². The SMILES string of the molecule is CCCOC(=O)c1ccc(NC(=O)CNc2ccccc2C(N)=O)cc1. The van der Waals surface area contributed by atoms with Crippen LogP contribution in [0.4, 0.5) is 11.4 Å². The maximum Gasteiger partial charge on any atom is 0.338 e. The van der Waals surface area contributed by atoms with E-state index in [1.807, 2.05) is 6.92 Å². The normalized spacial score (nSPS) is 10.0. The number of nitrogens with one attached hydrogen (secondary N) is 2. The van der Waals surface area contributed by atoms with Gasteiger partial charge in [0.1, 0.15) is 0 Å². The van der Waals surface area contributed by atoms with Gasteiger partial charge in [-0.15, -0.1) is 0 Å². The van der Waals surface area contributed by atoms with Crippen LogP contribution < -0.4 is 16.4 Å². The Hall–Kier alpha value is -3.35. The van der Waals surface area contributed by atoms with Gasteiger partial charge in [-0.3, -0.25) is 9.59 Å². The minimum absolute atomic E-state index is 0.0371. The van der Waals surface area contributed by atoms with Gasteiger partial charge in [-0.1, -0.05) is 19.1 Å². The summed E-state index contributed by atoms with van der Waals surface area (Å²) in [5.41, 5.74) is 7.07. The first kappa shape index (κ1) is 19.0. The highest BCUT2D eigenvalue weighted by Gasteiger charge is 2.10. The van der Waals surface area contributed by atoms with Gasteiger partial charge in [0, 0.05) is 11.4 Å². The van der Waals surface area contributed by atoms with Crippen molar-refractivity contribution in [1.29, 1.82) is 0 Å². The number of nitrogens with two attached hydrogens (primary N) is 1. The summed E-state index contributed by atoms with van der Waals surface area (Å²) in [6, 6.07) is 13.1. The number of esters is 1. The van der Waals surface area contributed by atoms with Crippen LogP contribution >= 0.6 is 0 Å². The molecule has 0 fully saturated rings. The largest absolute Gasteiger partial charge is 0.462 e. The van der Waals surface area contributed by atoms with Crippen LogP contribution in [-0.4, -0.2) is 30.9 Å². The highest BCUT2D eigenvalue weighted by atomic mass is 16.5. The topological polar surface area (TPSA) is 111 Å². The average molecular weight is 355 g/mol. The van der Waals surface area contributed by atoms with Gasteiger partial charge < -0.3 is 21.1 Å². The number of amides is 2. The smallest absolute Gasteiger partial charge is 0.338 e. The molecule has 7 heteroatoms. The molecule has 0 spiro atoms. The Morgan fingerprint density at radius 2 is 1.73 bits per heavy atom. The van der Waals surface area contributed by atoms with Crippen molar-refractivity contribution in [2.24, 2.45) is 5.73 Å². The highest BCUT2D eigenvalue weighted by molar-refractivity contribution is 6.00. The van der Waals surface area contributed by atoms with E-state index in [1.165, 1.54) is 0 Å². The van der Waals surface area contributed by atoms with E-state index in [0.29, 0.717) is 29.1 Å². The quantitative estimate of drug-likeness (QED) is 0.630. The number of hydrogen-bond acceptors (Lipinski definition) is 5. The second kappa shape index (κ2) is 9.22. The van der Waals surface area contributed by atoms with Crippen LogP contribution in [0.25, 0.3) is 0 Å². The third-order valence-electron chi connectivity index (χ3n) is 3.47. The van der Waals surface area contributed by atoms with Crippen molar-refractivity contribution in [3.05, 3.63) is 59.7 Å². The molecule has 26 heavy (non-hydrogen) atoms. The van der Waals surface area contributed by atoms with Crippen molar-refractivity contribution in [1.82, 2.24) is 0 Å². The fraction of sp³-hybridized carbons (Fsp3) is 0.211. The van der Waals surface area contributed by atoms with Crippen LogP contribution in [0.5, 0.6) is 0 Å². The number of rotatable bonds is 8. The molecule has 0 atom stereocenters. The third-order valence-corrected chi connectivity index (χ3v) is 3.47. The predicted molar refractivity (Wildman–Crippen MR) is 99.1 cm³/mol. The third kappa shape index (κ3) is 5.34. The Morgan fingerprint density at radius 3 is 2.38 bits per heavy atom. The minimum atomic E-state index is -0.570. The Bertz CT molecular complexity index is 788. The zero-order valence-electron chi connectivity index (χ0n) is 14.5. The summed E-state index contributed by atoms with van der Waals surface area (Å²) in [5.74, 6) is -1.26. The van der Waals surface area contributed by atoms with Crippen LogP contribution in [0.1, 0.15) is 34.1 Å². The summed E-state index contributed by atoms with van der Waals surface area (Å²) in [6.07, 6.45) is 0.756. The average Bonchev–Trinajstić information content (AvgIpc) is 2.65. The number of anilines is 2. The summed E-state index contributed by atoms with van der Waals surface area (Å²) >= 11 is 0. The molecule has 2 aromatic carbocycles. The number of benzene rings is 2. The zero-order chi connectivity index (χ0) is 18.9. The molecule has 0 saturated carbocycles. The second-order valence-electron chi connectivity index (χ2n) is 5.52. The molecular weight excluding hydrogens is 334 g/mol. The maximum absolute atomic E-state index is 12.0. The summed E-state index contributed by atoms with van der Waals surface area (Å²) in [7, 11) is 0. The molecule has 7 nitrogen and oxygen atoms in total. The van der Waals surface area contributed by atoms with E-state index in [-0.39, 0.29) is 12.5 Å². The van der Waals surface area contributed by atoms with Crippen molar-refractivity contribution in [3.63, 3.8) is 0 Å². The van der Waals surface area contributed by atoms with Gasteiger partial charge in [0.2, 0.25) is 5.91 Å². The van der Waals surface area contributed by atoms with Gasteiger partial charge in [0.15, 0.2) is 0 Å². The molecule has 2 amide bonds. The molecule has 4 N–H and O–H groups in total. The number of para-hydroxylation sites is 1. The number of carbonyl (C=O) groups is 3. The van der Waals surface area contributed by atoms with Crippen LogP contribution in [0.3, 0.4) is 0 Å². The van der Waals surface area contributed by atoms with E-state index in [1.54, 1.807) is 48.5 Å². The lowest BCUT2D eigenvalue weighted by atomic mass is 10.1. The van der Waals surface area contributed by atoms with Gasteiger partial charge >= 0.3 is 5.97 Å². The lowest BCUT2D eigenvalue weighted by Crippen LogP contribution is -2.23. The summed E-state index contributed by atoms with van der Waals surface area (Å²) in [4.78, 5) is 35.1. The highest BCUT2D eigenvalue weighted by Crippen LogP contribution is 2.14. The molecule has 0 saturated heterocycles. The monoisotopic (exact) mass is 355 g/mol. The van der Waals surface area contributed by atoms with E-state index >= 15 is 0 Å². The number of primary amides is 1. The van der Waals surface area contributed by atoms with Crippen LogP contribution in [0.2, 0.25) is 0 Å². The van der Waals surface area contributed by atoms with Crippen molar-refractivity contribution in [2.45, 2.75) is 13.3 Å². The van der Waals surface area contributed by atoms with Crippen LogP contribution in [0.15, 0.2) is 48.5 Å². The molecule has 0 aliphatic carbocycles. The van der Waals surface area contributed by atoms with Gasteiger partial charge in [-0.05, 0) is 42.8 Å². The molecule has 136 valence electrons. The molecule has 0 aliphatic heterocycles. The summed E-state index contributed by atoms with van der Waals surface area (Å²) < 4.78 is 5.04. The number of ether oxygens (including phenoxy) is 1. The van der Waals surface area contributed by atoms with Crippen molar-refractivity contribution < 1.29 is 19.1 Å². The summed E-state index contributed by atoms with van der Waals surface area (Å²) in [5, 5.41) is 5.58. The van der Waals surface area contributed by atoms with E-state index in [4.69, 9.17) is 10.5 Å². The van der Waals surface area contributed by atoms with E-state index in [2.05, 4.69) is 10.6 Å². The van der Waals surface area contributed by atoms with Gasteiger partial charge in [-0.25, -0.2) is 4.79 Å². The predicted octanol–water partition coefficient (Wildman–Crippen LogP) is 2.40.